The Morgan fingerprint density at radius 1 is 0.975 bits per heavy atom. The lowest BCUT2D eigenvalue weighted by Gasteiger charge is -2.39. The van der Waals surface area contributed by atoms with Gasteiger partial charge >= 0.3 is 12.0 Å². The molecule has 1 atom stereocenters. The summed E-state index contributed by atoms with van der Waals surface area (Å²) in [5.74, 6) is -0.957. The van der Waals surface area contributed by atoms with Gasteiger partial charge in [-0.1, -0.05) is 69.3 Å². The maximum Gasteiger partial charge on any atom is 0.335 e. The molecule has 3 heterocycles. The second-order valence-corrected chi connectivity index (χ2v) is 12.2. The molecule has 7 heteroatoms. The molecule has 0 bridgehead atoms. The normalized spacial score (nSPS) is 18.9. The van der Waals surface area contributed by atoms with Crippen molar-refractivity contribution in [1.29, 1.82) is 0 Å². The number of hydrogen-bond acceptors (Lipinski definition) is 4. The highest BCUT2D eigenvalue weighted by atomic mass is 16.4. The SMILES string of the molecule is Cc1nc(C(C)(C)C)ccc1CN1CCC(N2C(=O)N(Cc3cccc(C(=O)O)c3)CC2c2ccccc2)CC1. The predicted octanol–water partition coefficient (Wildman–Crippen LogP) is 6.03. The van der Waals surface area contributed by atoms with Crippen LogP contribution in [0.4, 0.5) is 4.79 Å². The van der Waals surface area contributed by atoms with Crippen molar-refractivity contribution in [3.05, 3.63) is 100 Å². The Hall–Kier alpha value is -3.71. The Kier molecular flexibility index (Phi) is 7.95. The smallest absolute Gasteiger partial charge is 0.335 e. The van der Waals surface area contributed by atoms with E-state index in [9.17, 15) is 14.7 Å². The highest BCUT2D eigenvalue weighted by molar-refractivity contribution is 5.87. The van der Waals surface area contributed by atoms with Crippen molar-refractivity contribution < 1.29 is 14.7 Å². The predicted molar refractivity (Wildman–Crippen MR) is 156 cm³/mol. The van der Waals surface area contributed by atoms with Gasteiger partial charge in [0.1, 0.15) is 0 Å². The van der Waals surface area contributed by atoms with Crippen LogP contribution in [0.25, 0.3) is 0 Å². The number of aryl methyl sites for hydroxylation is 1. The summed E-state index contributed by atoms with van der Waals surface area (Å²) >= 11 is 0. The first-order valence-corrected chi connectivity index (χ1v) is 14.2. The molecule has 40 heavy (non-hydrogen) atoms. The molecule has 1 N–H and O–H groups in total. The van der Waals surface area contributed by atoms with Gasteiger partial charge in [0.05, 0.1) is 11.6 Å². The van der Waals surface area contributed by atoms with Crippen LogP contribution in [-0.2, 0) is 18.5 Å². The van der Waals surface area contributed by atoms with Gasteiger partial charge in [0.25, 0.3) is 0 Å². The number of piperidine rings is 1. The van der Waals surface area contributed by atoms with E-state index in [0.717, 1.165) is 55.0 Å². The molecule has 0 aliphatic carbocycles. The van der Waals surface area contributed by atoms with E-state index in [-0.39, 0.29) is 29.1 Å². The Labute approximate surface area is 237 Å². The molecule has 2 aliphatic heterocycles. The summed E-state index contributed by atoms with van der Waals surface area (Å²) in [5, 5.41) is 9.40. The van der Waals surface area contributed by atoms with Gasteiger partial charge in [-0.05, 0) is 54.7 Å². The molecule has 2 aromatic carbocycles. The van der Waals surface area contributed by atoms with Crippen LogP contribution in [0.3, 0.4) is 0 Å². The number of carboxylic acid groups (broad SMARTS) is 1. The summed E-state index contributed by atoms with van der Waals surface area (Å²) < 4.78 is 0. The fourth-order valence-electron chi connectivity index (χ4n) is 5.95. The molecule has 0 saturated carbocycles. The summed E-state index contributed by atoms with van der Waals surface area (Å²) in [4.78, 5) is 36.7. The molecule has 0 spiro atoms. The molecule has 5 rings (SSSR count). The third-order valence-electron chi connectivity index (χ3n) is 8.26. The summed E-state index contributed by atoms with van der Waals surface area (Å²) in [6, 6.07) is 21.7. The lowest BCUT2D eigenvalue weighted by atomic mass is 9.91. The van der Waals surface area contributed by atoms with Crippen molar-refractivity contribution in [2.24, 2.45) is 0 Å². The van der Waals surface area contributed by atoms with Crippen molar-refractivity contribution in [2.75, 3.05) is 19.6 Å². The van der Waals surface area contributed by atoms with E-state index in [2.05, 4.69) is 61.8 Å². The number of nitrogens with zero attached hydrogens (tertiary/aromatic N) is 4. The van der Waals surface area contributed by atoms with E-state index >= 15 is 0 Å². The zero-order chi connectivity index (χ0) is 28.4. The zero-order valence-corrected chi connectivity index (χ0v) is 24.0. The fraction of sp³-hybridized carbons (Fsp3) is 0.424. The number of benzene rings is 2. The molecule has 3 aromatic rings. The van der Waals surface area contributed by atoms with E-state index in [0.29, 0.717) is 13.1 Å². The third kappa shape index (κ3) is 6.04. The van der Waals surface area contributed by atoms with Crippen LogP contribution in [0, 0.1) is 6.92 Å². The number of urea groups is 1. The van der Waals surface area contributed by atoms with E-state index in [1.165, 1.54) is 5.56 Å². The molecule has 0 radical (unpaired) electrons. The van der Waals surface area contributed by atoms with Gasteiger partial charge in [-0.3, -0.25) is 9.88 Å². The largest absolute Gasteiger partial charge is 0.478 e. The quantitative estimate of drug-likeness (QED) is 0.396. The number of likely N-dealkylation sites (tertiary alicyclic amines) is 1. The number of pyridine rings is 1. The van der Waals surface area contributed by atoms with Gasteiger partial charge in [0.2, 0.25) is 0 Å². The Bertz CT molecular complexity index is 1360. The minimum atomic E-state index is -0.957. The maximum absolute atomic E-state index is 13.9. The van der Waals surface area contributed by atoms with Gasteiger partial charge in [-0.25, -0.2) is 9.59 Å². The first-order valence-electron chi connectivity index (χ1n) is 14.2. The van der Waals surface area contributed by atoms with Gasteiger partial charge in [0.15, 0.2) is 0 Å². The lowest BCUT2D eigenvalue weighted by Crippen LogP contribution is -2.47. The number of rotatable bonds is 7. The lowest BCUT2D eigenvalue weighted by molar-refractivity contribution is 0.0696. The molecule has 2 aliphatic rings. The molecule has 1 unspecified atom stereocenters. The number of carbonyl (C=O) groups excluding carboxylic acids is 1. The monoisotopic (exact) mass is 540 g/mol. The molecule has 2 saturated heterocycles. The Morgan fingerprint density at radius 2 is 1.70 bits per heavy atom. The highest BCUT2D eigenvalue weighted by Crippen LogP contribution is 2.36. The number of carboxylic acids is 1. The van der Waals surface area contributed by atoms with Gasteiger partial charge < -0.3 is 14.9 Å². The van der Waals surface area contributed by atoms with Crippen molar-refractivity contribution in [3.8, 4) is 0 Å². The van der Waals surface area contributed by atoms with Crippen molar-refractivity contribution >= 4 is 12.0 Å². The van der Waals surface area contributed by atoms with Crippen LogP contribution in [-0.4, -0.2) is 62.5 Å². The summed E-state index contributed by atoms with van der Waals surface area (Å²) in [6.45, 7) is 12.4. The molecule has 2 amide bonds. The van der Waals surface area contributed by atoms with Crippen LogP contribution in [0.5, 0.6) is 0 Å². The van der Waals surface area contributed by atoms with Gasteiger partial charge in [-0.15, -0.1) is 0 Å². The fourth-order valence-corrected chi connectivity index (χ4v) is 5.95. The summed E-state index contributed by atoms with van der Waals surface area (Å²) in [7, 11) is 0. The van der Waals surface area contributed by atoms with E-state index < -0.39 is 5.97 Å². The third-order valence-corrected chi connectivity index (χ3v) is 8.26. The van der Waals surface area contributed by atoms with Gasteiger partial charge in [0, 0.05) is 55.6 Å². The zero-order valence-electron chi connectivity index (χ0n) is 24.0. The van der Waals surface area contributed by atoms with E-state index in [4.69, 9.17) is 4.98 Å². The topological polar surface area (TPSA) is 77.0 Å². The van der Waals surface area contributed by atoms with E-state index in [1.807, 2.05) is 29.2 Å². The number of hydrogen-bond donors (Lipinski definition) is 1. The number of carbonyl (C=O) groups is 2. The van der Waals surface area contributed by atoms with Crippen LogP contribution in [0.1, 0.15) is 78.1 Å². The second-order valence-electron chi connectivity index (χ2n) is 12.2. The molecule has 1 aromatic heterocycles. The van der Waals surface area contributed by atoms with Gasteiger partial charge in [-0.2, -0.15) is 0 Å². The minimum Gasteiger partial charge on any atom is -0.478 e. The number of amides is 2. The standard InChI is InChI=1S/C33H40N4O3/c1-23-27(13-14-30(34-23)33(2,3)4)21-35-17-15-28(16-18-35)37-29(25-10-6-5-7-11-25)22-36(32(37)40)20-24-9-8-12-26(19-24)31(38)39/h5-14,19,28-29H,15-18,20-22H2,1-4H3,(H,38,39). The van der Waals surface area contributed by atoms with Crippen molar-refractivity contribution in [2.45, 2.75) is 71.1 Å². The highest BCUT2D eigenvalue weighted by Gasteiger charge is 2.42. The van der Waals surface area contributed by atoms with Crippen LogP contribution < -0.4 is 0 Å². The molecule has 7 nitrogen and oxygen atoms in total. The molecule has 2 fully saturated rings. The Balaban J connectivity index is 1.29. The summed E-state index contributed by atoms with van der Waals surface area (Å²) in [6.07, 6.45) is 1.84. The van der Waals surface area contributed by atoms with Crippen LogP contribution in [0.2, 0.25) is 0 Å². The maximum atomic E-state index is 13.9. The average Bonchev–Trinajstić information content (AvgIpc) is 3.26. The van der Waals surface area contributed by atoms with E-state index in [1.54, 1.807) is 18.2 Å². The van der Waals surface area contributed by atoms with Crippen LogP contribution >= 0.6 is 0 Å². The van der Waals surface area contributed by atoms with Crippen molar-refractivity contribution in [1.82, 2.24) is 19.7 Å². The van der Waals surface area contributed by atoms with Crippen LogP contribution in [0.15, 0.2) is 66.7 Å². The Morgan fingerprint density at radius 3 is 2.35 bits per heavy atom. The average molecular weight is 541 g/mol. The first-order chi connectivity index (χ1) is 19.1. The minimum absolute atomic E-state index is 0.0238. The second kappa shape index (κ2) is 11.4. The molecular formula is C33H40N4O3. The van der Waals surface area contributed by atoms with Crippen molar-refractivity contribution in [3.63, 3.8) is 0 Å². The number of aromatic nitrogens is 1. The summed E-state index contributed by atoms with van der Waals surface area (Å²) in [5.41, 5.74) is 5.72. The molecular weight excluding hydrogens is 500 g/mol. The number of aromatic carboxylic acids is 1. The molecule has 210 valence electrons. The first kappa shape index (κ1) is 27.8.